The van der Waals surface area contributed by atoms with E-state index in [0.717, 1.165) is 10.0 Å². The van der Waals surface area contributed by atoms with E-state index in [2.05, 4.69) is 36.7 Å². The molecule has 2 aromatic rings. The third kappa shape index (κ3) is 1.76. The minimum absolute atomic E-state index is 0.795. The molecule has 0 N–H and O–H groups in total. The Hall–Kier alpha value is -0.800. The topological polar surface area (TPSA) is 12.9 Å². The first kappa shape index (κ1) is 8.78. The number of aromatic nitrogens is 1. The second kappa shape index (κ2) is 3.52. The van der Waals surface area contributed by atoms with Crippen molar-refractivity contribution < 1.29 is 0 Å². The van der Waals surface area contributed by atoms with Crippen molar-refractivity contribution in [2.75, 3.05) is 0 Å². The molecule has 2 rings (SSSR count). The second-order valence-electron chi connectivity index (χ2n) is 2.83. The molecular weight excluding hydrogens is 198 g/mol. The second-order valence-corrected chi connectivity index (χ2v) is 4.14. The molecule has 0 aliphatic heterocycles. The number of benzene rings is 1. The van der Waals surface area contributed by atoms with Crippen molar-refractivity contribution in [3.8, 4) is 10.6 Å². The van der Waals surface area contributed by atoms with Gasteiger partial charge < -0.3 is 0 Å². The molecule has 0 saturated heterocycles. The molecule has 0 unspecified atom stereocenters. The van der Waals surface area contributed by atoms with Crippen LogP contribution >= 0.6 is 24.0 Å². The molecule has 0 aliphatic rings. The summed E-state index contributed by atoms with van der Waals surface area (Å²) in [6, 6.07) is 8.24. The number of nitrogens with zero attached hydrogens (tertiary/aromatic N) is 1. The molecule has 3 heteroatoms. The Kier molecular flexibility index (Phi) is 2.38. The van der Waals surface area contributed by atoms with E-state index < -0.39 is 0 Å². The summed E-state index contributed by atoms with van der Waals surface area (Å²) in [4.78, 5) is 4.32. The lowest BCUT2D eigenvalue weighted by Gasteiger charge is -1.99. The Bertz CT molecular complexity index is 420. The van der Waals surface area contributed by atoms with Gasteiger partial charge in [-0.25, -0.2) is 4.98 Å². The zero-order chi connectivity index (χ0) is 9.26. The maximum atomic E-state index is 4.32. The summed E-state index contributed by atoms with van der Waals surface area (Å²) in [5, 5.41) is 3.79. The van der Waals surface area contributed by atoms with Gasteiger partial charge in [0.05, 0.1) is 0 Å². The standard InChI is InChI=1S/C10H9NS2/c1-7-4-2-3-5-8(7)10-11-9(12)6-13-10/h2-6,12H,1H3. The van der Waals surface area contributed by atoms with Gasteiger partial charge >= 0.3 is 0 Å². The fourth-order valence-corrected chi connectivity index (χ4v) is 2.30. The Balaban J connectivity index is 2.52. The number of thiol groups is 1. The molecular formula is C10H9NS2. The maximum Gasteiger partial charge on any atom is 0.124 e. The highest BCUT2D eigenvalue weighted by Crippen LogP contribution is 2.27. The van der Waals surface area contributed by atoms with Crippen molar-refractivity contribution in [3.63, 3.8) is 0 Å². The van der Waals surface area contributed by atoms with Gasteiger partial charge in [0.1, 0.15) is 10.0 Å². The van der Waals surface area contributed by atoms with Crippen LogP contribution in [0.15, 0.2) is 34.7 Å². The van der Waals surface area contributed by atoms with Gasteiger partial charge in [0.25, 0.3) is 0 Å². The molecule has 0 fully saturated rings. The first-order valence-electron chi connectivity index (χ1n) is 3.98. The van der Waals surface area contributed by atoms with Gasteiger partial charge in [-0.15, -0.1) is 24.0 Å². The summed E-state index contributed by atoms with van der Waals surface area (Å²) in [7, 11) is 0. The van der Waals surface area contributed by atoms with E-state index in [9.17, 15) is 0 Å². The summed E-state index contributed by atoms with van der Waals surface area (Å²) in [6.45, 7) is 2.09. The van der Waals surface area contributed by atoms with Crippen molar-refractivity contribution in [2.24, 2.45) is 0 Å². The molecule has 0 bridgehead atoms. The largest absolute Gasteiger partial charge is 0.230 e. The normalized spacial score (nSPS) is 10.3. The van der Waals surface area contributed by atoms with Crippen LogP contribution in [-0.2, 0) is 0 Å². The summed E-state index contributed by atoms with van der Waals surface area (Å²) in [6.07, 6.45) is 0. The van der Waals surface area contributed by atoms with Crippen LogP contribution in [0.2, 0.25) is 0 Å². The quantitative estimate of drug-likeness (QED) is 0.707. The molecule has 1 nitrogen and oxygen atoms in total. The predicted octanol–water partition coefficient (Wildman–Crippen LogP) is 3.41. The van der Waals surface area contributed by atoms with E-state index in [1.807, 2.05) is 17.5 Å². The van der Waals surface area contributed by atoms with E-state index in [0.29, 0.717) is 0 Å². The van der Waals surface area contributed by atoms with Crippen molar-refractivity contribution in [1.29, 1.82) is 0 Å². The average Bonchev–Trinajstić information content (AvgIpc) is 2.53. The third-order valence-electron chi connectivity index (χ3n) is 1.87. The summed E-state index contributed by atoms with van der Waals surface area (Å²) < 4.78 is 0. The van der Waals surface area contributed by atoms with E-state index in [4.69, 9.17) is 0 Å². The van der Waals surface area contributed by atoms with Crippen LogP contribution in [0.4, 0.5) is 0 Å². The molecule has 1 aromatic carbocycles. The molecule has 13 heavy (non-hydrogen) atoms. The molecule has 0 spiro atoms. The predicted molar refractivity (Wildman–Crippen MR) is 59.5 cm³/mol. The molecule has 0 amide bonds. The SMILES string of the molecule is Cc1ccccc1-c1nc(S)cs1. The number of thiazole rings is 1. The van der Waals surface area contributed by atoms with Crippen molar-refractivity contribution in [3.05, 3.63) is 35.2 Å². The van der Waals surface area contributed by atoms with E-state index in [-0.39, 0.29) is 0 Å². The van der Waals surface area contributed by atoms with Crippen molar-refractivity contribution in [2.45, 2.75) is 11.9 Å². The van der Waals surface area contributed by atoms with Crippen LogP contribution < -0.4 is 0 Å². The third-order valence-corrected chi connectivity index (χ3v) is 3.15. The first-order chi connectivity index (χ1) is 6.27. The molecule has 0 radical (unpaired) electrons. The average molecular weight is 207 g/mol. The minimum atomic E-state index is 0.795. The number of hydrogen-bond donors (Lipinski definition) is 1. The lowest BCUT2D eigenvalue weighted by molar-refractivity contribution is 1.21. The zero-order valence-corrected chi connectivity index (χ0v) is 8.90. The fourth-order valence-electron chi connectivity index (χ4n) is 1.20. The van der Waals surface area contributed by atoms with Gasteiger partial charge in [-0.1, -0.05) is 24.3 Å². The monoisotopic (exact) mass is 207 g/mol. The smallest absolute Gasteiger partial charge is 0.124 e. The zero-order valence-electron chi connectivity index (χ0n) is 7.19. The van der Waals surface area contributed by atoms with Crippen LogP contribution in [0.5, 0.6) is 0 Å². The van der Waals surface area contributed by atoms with Crippen molar-refractivity contribution in [1.82, 2.24) is 4.98 Å². The highest BCUT2D eigenvalue weighted by Gasteiger charge is 2.04. The highest BCUT2D eigenvalue weighted by molar-refractivity contribution is 7.80. The van der Waals surface area contributed by atoms with E-state index >= 15 is 0 Å². The van der Waals surface area contributed by atoms with Crippen LogP contribution in [0.1, 0.15) is 5.56 Å². The molecule has 0 aliphatic carbocycles. The minimum Gasteiger partial charge on any atom is -0.230 e. The lowest BCUT2D eigenvalue weighted by atomic mass is 10.1. The van der Waals surface area contributed by atoms with Gasteiger partial charge in [-0.05, 0) is 12.5 Å². The number of rotatable bonds is 1. The van der Waals surface area contributed by atoms with Crippen LogP contribution in [0.25, 0.3) is 10.6 Å². The molecule has 0 saturated carbocycles. The summed E-state index contributed by atoms with van der Waals surface area (Å²) >= 11 is 5.82. The maximum absolute atomic E-state index is 4.32. The Labute approximate surface area is 86.9 Å². The fraction of sp³-hybridized carbons (Fsp3) is 0.100. The van der Waals surface area contributed by atoms with E-state index in [1.165, 1.54) is 11.1 Å². The van der Waals surface area contributed by atoms with Gasteiger partial charge in [-0.3, -0.25) is 0 Å². The van der Waals surface area contributed by atoms with Gasteiger partial charge in [0, 0.05) is 10.9 Å². The highest BCUT2D eigenvalue weighted by atomic mass is 32.1. The number of hydrogen-bond acceptors (Lipinski definition) is 3. The summed E-state index contributed by atoms with van der Waals surface area (Å²) in [5.74, 6) is 0. The lowest BCUT2D eigenvalue weighted by Crippen LogP contribution is -1.80. The molecule has 1 aromatic heterocycles. The van der Waals surface area contributed by atoms with Crippen molar-refractivity contribution >= 4 is 24.0 Å². The Morgan fingerprint density at radius 1 is 1.31 bits per heavy atom. The summed E-state index contributed by atoms with van der Waals surface area (Å²) in [5.41, 5.74) is 2.46. The first-order valence-corrected chi connectivity index (χ1v) is 5.30. The van der Waals surface area contributed by atoms with Gasteiger partial charge in [-0.2, -0.15) is 0 Å². The molecule has 1 heterocycles. The Morgan fingerprint density at radius 2 is 2.08 bits per heavy atom. The molecule has 66 valence electrons. The van der Waals surface area contributed by atoms with Gasteiger partial charge in [0.2, 0.25) is 0 Å². The van der Waals surface area contributed by atoms with Gasteiger partial charge in [0.15, 0.2) is 0 Å². The van der Waals surface area contributed by atoms with Crippen LogP contribution in [-0.4, -0.2) is 4.98 Å². The Morgan fingerprint density at radius 3 is 2.69 bits per heavy atom. The van der Waals surface area contributed by atoms with Crippen LogP contribution in [0, 0.1) is 6.92 Å². The number of aryl methyl sites for hydroxylation is 1. The van der Waals surface area contributed by atoms with E-state index in [1.54, 1.807) is 11.3 Å². The van der Waals surface area contributed by atoms with Crippen LogP contribution in [0.3, 0.4) is 0 Å². The molecule has 0 atom stereocenters.